The second-order valence-electron chi connectivity index (χ2n) is 6.00. The SMILES string of the molecule is Cc1cccc(/C=N/NC(=O)C(c2ccccc2)c2ccccc2)c1O. The molecule has 0 unspecified atom stereocenters. The molecule has 0 aliphatic rings. The van der Waals surface area contributed by atoms with Crippen molar-refractivity contribution in [3.8, 4) is 5.75 Å². The first-order valence-corrected chi connectivity index (χ1v) is 8.38. The van der Waals surface area contributed by atoms with Crippen molar-refractivity contribution in [1.29, 1.82) is 0 Å². The zero-order valence-corrected chi connectivity index (χ0v) is 14.5. The minimum Gasteiger partial charge on any atom is -0.507 e. The van der Waals surface area contributed by atoms with Gasteiger partial charge in [0.15, 0.2) is 0 Å². The summed E-state index contributed by atoms with van der Waals surface area (Å²) in [6, 6.07) is 24.6. The number of hydrogen-bond acceptors (Lipinski definition) is 3. The highest BCUT2D eigenvalue weighted by molar-refractivity contribution is 5.89. The largest absolute Gasteiger partial charge is 0.507 e. The molecule has 1 amide bonds. The summed E-state index contributed by atoms with van der Waals surface area (Å²) in [5.41, 5.74) is 5.69. The zero-order valence-electron chi connectivity index (χ0n) is 14.5. The zero-order chi connectivity index (χ0) is 18.4. The molecule has 3 rings (SSSR count). The summed E-state index contributed by atoms with van der Waals surface area (Å²) in [4.78, 5) is 12.8. The van der Waals surface area contributed by atoms with Gasteiger partial charge in [0, 0.05) is 5.56 Å². The summed E-state index contributed by atoms with van der Waals surface area (Å²) in [6.45, 7) is 1.81. The minimum atomic E-state index is -0.458. The van der Waals surface area contributed by atoms with E-state index >= 15 is 0 Å². The van der Waals surface area contributed by atoms with Crippen LogP contribution in [0.25, 0.3) is 0 Å². The molecule has 3 aromatic carbocycles. The Morgan fingerprint density at radius 2 is 1.50 bits per heavy atom. The van der Waals surface area contributed by atoms with Crippen molar-refractivity contribution >= 4 is 12.1 Å². The Morgan fingerprint density at radius 3 is 2.08 bits per heavy atom. The Bertz CT molecular complexity index is 866. The molecule has 0 fully saturated rings. The topological polar surface area (TPSA) is 61.7 Å². The average Bonchev–Trinajstić information content (AvgIpc) is 2.67. The van der Waals surface area contributed by atoms with Crippen molar-refractivity contribution in [2.24, 2.45) is 5.10 Å². The second-order valence-corrected chi connectivity index (χ2v) is 6.00. The standard InChI is InChI=1S/C22H20N2O2/c1-16-9-8-14-19(21(16)25)15-23-24-22(26)20(17-10-4-2-5-11-17)18-12-6-3-7-13-18/h2-15,20,25H,1H3,(H,24,26)/b23-15+. The maximum atomic E-state index is 12.8. The third kappa shape index (κ3) is 3.98. The van der Waals surface area contributed by atoms with Crippen LogP contribution in [0.4, 0.5) is 0 Å². The molecule has 0 saturated heterocycles. The Labute approximate surface area is 152 Å². The third-order valence-corrected chi connectivity index (χ3v) is 4.18. The maximum Gasteiger partial charge on any atom is 0.252 e. The number of aryl methyl sites for hydroxylation is 1. The van der Waals surface area contributed by atoms with Gasteiger partial charge < -0.3 is 5.11 Å². The fraction of sp³-hybridized carbons (Fsp3) is 0.0909. The number of carbonyl (C=O) groups excluding carboxylic acids is 1. The number of phenols is 1. The number of hydrogen-bond donors (Lipinski definition) is 2. The Morgan fingerprint density at radius 1 is 0.923 bits per heavy atom. The maximum absolute atomic E-state index is 12.8. The van der Waals surface area contributed by atoms with Gasteiger partial charge in [-0.1, -0.05) is 72.8 Å². The van der Waals surface area contributed by atoms with Crippen LogP contribution in [0.3, 0.4) is 0 Å². The molecule has 0 spiro atoms. The van der Waals surface area contributed by atoms with Gasteiger partial charge in [0.2, 0.25) is 0 Å². The number of benzene rings is 3. The van der Waals surface area contributed by atoms with Crippen LogP contribution in [-0.4, -0.2) is 17.2 Å². The van der Waals surface area contributed by atoms with E-state index in [0.717, 1.165) is 16.7 Å². The molecule has 4 nitrogen and oxygen atoms in total. The van der Waals surface area contributed by atoms with Gasteiger partial charge in [0.1, 0.15) is 5.75 Å². The van der Waals surface area contributed by atoms with E-state index in [2.05, 4.69) is 10.5 Å². The Hall–Kier alpha value is -3.40. The van der Waals surface area contributed by atoms with Crippen LogP contribution in [0.5, 0.6) is 5.75 Å². The molecule has 0 radical (unpaired) electrons. The molecule has 4 heteroatoms. The molecule has 0 aromatic heterocycles. The van der Waals surface area contributed by atoms with E-state index in [1.54, 1.807) is 6.07 Å². The summed E-state index contributed by atoms with van der Waals surface area (Å²) in [6.07, 6.45) is 1.45. The lowest BCUT2D eigenvalue weighted by molar-refractivity contribution is -0.121. The lowest BCUT2D eigenvalue weighted by Crippen LogP contribution is -2.26. The first-order valence-electron chi connectivity index (χ1n) is 8.38. The molecule has 3 aromatic rings. The highest BCUT2D eigenvalue weighted by Crippen LogP contribution is 2.25. The molecule has 0 bridgehead atoms. The predicted molar refractivity (Wildman–Crippen MR) is 103 cm³/mol. The highest BCUT2D eigenvalue weighted by Gasteiger charge is 2.22. The van der Waals surface area contributed by atoms with Crippen LogP contribution in [0.1, 0.15) is 28.2 Å². The smallest absolute Gasteiger partial charge is 0.252 e. The molecule has 130 valence electrons. The van der Waals surface area contributed by atoms with E-state index in [-0.39, 0.29) is 11.7 Å². The van der Waals surface area contributed by atoms with Crippen molar-refractivity contribution < 1.29 is 9.90 Å². The van der Waals surface area contributed by atoms with E-state index in [4.69, 9.17) is 0 Å². The number of carbonyl (C=O) groups is 1. The van der Waals surface area contributed by atoms with Crippen molar-refractivity contribution in [2.75, 3.05) is 0 Å². The van der Waals surface area contributed by atoms with Crippen molar-refractivity contribution in [2.45, 2.75) is 12.8 Å². The van der Waals surface area contributed by atoms with Gasteiger partial charge >= 0.3 is 0 Å². The van der Waals surface area contributed by atoms with Gasteiger partial charge in [0.25, 0.3) is 5.91 Å². The summed E-state index contributed by atoms with van der Waals surface area (Å²) in [7, 11) is 0. The summed E-state index contributed by atoms with van der Waals surface area (Å²) >= 11 is 0. The molecule has 2 N–H and O–H groups in total. The monoisotopic (exact) mass is 344 g/mol. The summed E-state index contributed by atoms with van der Waals surface area (Å²) < 4.78 is 0. The third-order valence-electron chi connectivity index (χ3n) is 4.18. The number of phenolic OH excluding ortho intramolecular Hbond substituents is 1. The van der Waals surface area contributed by atoms with Crippen LogP contribution in [0.15, 0.2) is 84.0 Å². The van der Waals surface area contributed by atoms with Gasteiger partial charge in [-0.15, -0.1) is 0 Å². The normalized spacial score (nSPS) is 11.0. The number of para-hydroxylation sites is 1. The summed E-state index contributed by atoms with van der Waals surface area (Å²) in [5, 5.41) is 14.1. The van der Waals surface area contributed by atoms with Crippen LogP contribution in [-0.2, 0) is 4.79 Å². The van der Waals surface area contributed by atoms with Crippen LogP contribution in [0.2, 0.25) is 0 Å². The molecule has 0 aliphatic carbocycles. The molecular formula is C22H20N2O2. The van der Waals surface area contributed by atoms with E-state index in [1.807, 2.05) is 79.7 Å². The first kappa shape index (κ1) is 17.4. The molecular weight excluding hydrogens is 324 g/mol. The molecule has 0 atom stereocenters. The second kappa shape index (κ2) is 8.12. The number of nitrogens with zero attached hydrogens (tertiary/aromatic N) is 1. The van der Waals surface area contributed by atoms with Crippen molar-refractivity contribution in [3.05, 3.63) is 101 Å². The fourth-order valence-corrected chi connectivity index (χ4v) is 2.80. The number of nitrogens with one attached hydrogen (secondary N) is 1. The number of hydrazone groups is 1. The van der Waals surface area contributed by atoms with Crippen LogP contribution >= 0.6 is 0 Å². The van der Waals surface area contributed by atoms with Gasteiger partial charge in [-0.2, -0.15) is 5.10 Å². The number of aromatic hydroxyl groups is 1. The van der Waals surface area contributed by atoms with E-state index in [0.29, 0.717) is 5.56 Å². The highest BCUT2D eigenvalue weighted by atomic mass is 16.3. The van der Waals surface area contributed by atoms with E-state index < -0.39 is 5.92 Å². The lowest BCUT2D eigenvalue weighted by atomic mass is 9.91. The van der Waals surface area contributed by atoms with Crippen LogP contribution < -0.4 is 5.43 Å². The van der Waals surface area contributed by atoms with Crippen molar-refractivity contribution in [3.63, 3.8) is 0 Å². The minimum absolute atomic E-state index is 0.160. The fourth-order valence-electron chi connectivity index (χ4n) is 2.80. The molecule has 26 heavy (non-hydrogen) atoms. The van der Waals surface area contributed by atoms with Gasteiger partial charge in [-0.25, -0.2) is 5.43 Å². The van der Waals surface area contributed by atoms with E-state index in [9.17, 15) is 9.90 Å². The summed E-state index contributed by atoms with van der Waals surface area (Å²) in [5.74, 6) is -0.528. The van der Waals surface area contributed by atoms with Crippen molar-refractivity contribution in [1.82, 2.24) is 5.43 Å². The number of rotatable bonds is 5. The van der Waals surface area contributed by atoms with Gasteiger partial charge in [0.05, 0.1) is 12.1 Å². The predicted octanol–water partition coefficient (Wildman–Crippen LogP) is 3.98. The number of amides is 1. The quantitative estimate of drug-likeness (QED) is 0.543. The van der Waals surface area contributed by atoms with Gasteiger partial charge in [-0.3, -0.25) is 4.79 Å². The average molecular weight is 344 g/mol. The van der Waals surface area contributed by atoms with E-state index in [1.165, 1.54) is 6.21 Å². The van der Waals surface area contributed by atoms with Crippen LogP contribution in [0, 0.1) is 6.92 Å². The van der Waals surface area contributed by atoms with Gasteiger partial charge in [-0.05, 0) is 29.7 Å². The lowest BCUT2D eigenvalue weighted by Gasteiger charge is -2.16. The Kier molecular flexibility index (Phi) is 5.44. The molecule has 0 heterocycles. The molecule has 0 aliphatic heterocycles. The first-order chi connectivity index (χ1) is 12.7. The Balaban J connectivity index is 1.82. The molecule has 0 saturated carbocycles.